The number of para-hydroxylation sites is 1. The van der Waals surface area contributed by atoms with Crippen LogP contribution in [0.1, 0.15) is 5.56 Å². The third-order valence-corrected chi connectivity index (χ3v) is 3.70. The monoisotopic (exact) mass is 354 g/mol. The Morgan fingerprint density at radius 3 is 2.53 bits per heavy atom. The van der Waals surface area contributed by atoms with Crippen molar-refractivity contribution in [1.29, 1.82) is 0 Å². The van der Waals surface area contributed by atoms with Gasteiger partial charge in [0.1, 0.15) is 0 Å². The number of benzene rings is 2. The average Bonchev–Trinajstić information content (AvgIpc) is 2.37. The third-order valence-electron chi connectivity index (χ3n) is 2.57. The Labute approximate surface area is 131 Å². The molecule has 0 unspecified atom stereocenters. The minimum atomic E-state index is 0.525. The zero-order chi connectivity index (χ0) is 13.8. The molecule has 0 aromatic heterocycles. The van der Waals surface area contributed by atoms with Crippen LogP contribution in [0, 0.1) is 6.92 Å². The molecule has 0 aliphatic carbocycles. The first-order valence-corrected chi connectivity index (χ1v) is 7.23. The molecule has 0 aliphatic heterocycles. The quantitative estimate of drug-likeness (QED) is 0.722. The van der Waals surface area contributed by atoms with Crippen LogP contribution in [0.15, 0.2) is 46.9 Å². The van der Waals surface area contributed by atoms with E-state index in [9.17, 15) is 0 Å². The van der Waals surface area contributed by atoms with Gasteiger partial charge < -0.3 is 10.6 Å². The van der Waals surface area contributed by atoms with E-state index in [0.717, 1.165) is 21.4 Å². The SMILES string of the molecule is Cc1ccc(Cl)cc1NC(=S)Nc1ccccc1Br. The lowest BCUT2D eigenvalue weighted by Crippen LogP contribution is -2.19. The molecule has 5 heteroatoms. The largest absolute Gasteiger partial charge is 0.332 e. The Morgan fingerprint density at radius 2 is 1.79 bits per heavy atom. The van der Waals surface area contributed by atoms with Crippen molar-refractivity contribution in [2.24, 2.45) is 0 Å². The van der Waals surface area contributed by atoms with E-state index in [2.05, 4.69) is 26.6 Å². The Morgan fingerprint density at radius 1 is 1.11 bits per heavy atom. The van der Waals surface area contributed by atoms with Gasteiger partial charge >= 0.3 is 0 Å². The molecule has 0 saturated carbocycles. The maximum Gasteiger partial charge on any atom is 0.175 e. The fourth-order valence-electron chi connectivity index (χ4n) is 1.57. The average molecular weight is 356 g/mol. The first kappa shape index (κ1) is 14.3. The topological polar surface area (TPSA) is 24.1 Å². The van der Waals surface area contributed by atoms with Crippen LogP contribution in [0.25, 0.3) is 0 Å². The molecule has 2 N–H and O–H groups in total. The smallest absolute Gasteiger partial charge is 0.175 e. The summed E-state index contributed by atoms with van der Waals surface area (Å²) in [7, 11) is 0. The van der Waals surface area contributed by atoms with E-state index in [4.69, 9.17) is 23.8 Å². The van der Waals surface area contributed by atoms with E-state index >= 15 is 0 Å². The number of thiocarbonyl (C=S) groups is 1. The fourth-order valence-corrected chi connectivity index (χ4v) is 2.34. The first-order chi connectivity index (χ1) is 9.06. The van der Waals surface area contributed by atoms with Crippen molar-refractivity contribution < 1.29 is 0 Å². The molecule has 0 heterocycles. The minimum Gasteiger partial charge on any atom is -0.332 e. The maximum atomic E-state index is 5.97. The number of halogens is 2. The summed E-state index contributed by atoms with van der Waals surface area (Å²) in [4.78, 5) is 0. The number of nitrogens with one attached hydrogen (secondary N) is 2. The van der Waals surface area contributed by atoms with Gasteiger partial charge in [-0.2, -0.15) is 0 Å². The van der Waals surface area contributed by atoms with E-state index in [-0.39, 0.29) is 0 Å². The van der Waals surface area contributed by atoms with Crippen molar-refractivity contribution >= 4 is 56.2 Å². The van der Waals surface area contributed by atoms with Crippen LogP contribution < -0.4 is 10.6 Å². The van der Waals surface area contributed by atoms with Crippen LogP contribution in [0.5, 0.6) is 0 Å². The van der Waals surface area contributed by atoms with Gasteiger partial charge in [-0.3, -0.25) is 0 Å². The highest BCUT2D eigenvalue weighted by atomic mass is 79.9. The molecule has 0 amide bonds. The summed E-state index contributed by atoms with van der Waals surface area (Å²) in [5, 5.41) is 7.48. The van der Waals surface area contributed by atoms with Gasteiger partial charge in [-0.1, -0.05) is 29.8 Å². The standard InChI is InChI=1S/C14H12BrClN2S/c1-9-6-7-10(16)8-13(9)18-14(19)17-12-5-3-2-4-11(12)15/h2-8H,1H3,(H2,17,18,19). The molecule has 2 aromatic rings. The van der Waals surface area contributed by atoms with Gasteiger partial charge in [-0.15, -0.1) is 0 Å². The van der Waals surface area contributed by atoms with E-state index in [1.165, 1.54) is 0 Å². The van der Waals surface area contributed by atoms with Gasteiger partial charge in [0, 0.05) is 15.2 Å². The summed E-state index contributed by atoms with van der Waals surface area (Å²) in [6.07, 6.45) is 0. The molecule has 0 spiro atoms. The normalized spacial score (nSPS) is 10.1. The van der Waals surface area contributed by atoms with Crippen molar-refractivity contribution in [3.8, 4) is 0 Å². The molecular weight excluding hydrogens is 344 g/mol. The second-order valence-electron chi connectivity index (χ2n) is 4.02. The molecule has 2 nitrogen and oxygen atoms in total. The van der Waals surface area contributed by atoms with Crippen LogP contribution in [-0.2, 0) is 0 Å². The van der Waals surface area contributed by atoms with Gasteiger partial charge in [0.2, 0.25) is 0 Å². The molecule has 0 atom stereocenters. The van der Waals surface area contributed by atoms with Crippen LogP contribution in [-0.4, -0.2) is 5.11 Å². The third kappa shape index (κ3) is 3.93. The van der Waals surface area contributed by atoms with E-state index < -0.39 is 0 Å². The Balaban J connectivity index is 2.10. The second kappa shape index (κ2) is 6.37. The minimum absolute atomic E-state index is 0.525. The number of aryl methyl sites for hydroxylation is 1. The van der Waals surface area contributed by atoms with Crippen molar-refractivity contribution in [3.05, 3.63) is 57.5 Å². The van der Waals surface area contributed by atoms with E-state index in [1.54, 1.807) is 0 Å². The number of hydrogen-bond acceptors (Lipinski definition) is 1. The highest BCUT2D eigenvalue weighted by Gasteiger charge is 2.04. The summed E-state index contributed by atoms with van der Waals surface area (Å²) >= 11 is 14.7. The first-order valence-electron chi connectivity index (χ1n) is 5.65. The summed E-state index contributed by atoms with van der Waals surface area (Å²) in [5.41, 5.74) is 2.90. The number of anilines is 2. The number of rotatable bonds is 2. The molecule has 2 rings (SSSR count). The summed E-state index contributed by atoms with van der Waals surface area (Å²) < 4.78 is 0.960. The highest BCUT2D eigenvalue weighted by Crippen LogP contribution is 2.23. The lowest BCUT2D eigenvalue weighted by molar-refractivity contribution is 1.45. The molecule has 98 valence electrons. The molecule has 0 radical (unpaired) electrons. The van der Waals surface area contributed by atoms with Crippen molar-refractivity contribution in [2.75, 3.05) is 10.6 Å². The predicted molar refractivity (Wildman–Crippen MR) is 90.2 cm³/mol. The summed E-state index contributed by atoms with van der Waals surface area (Å²) in [6.45, 7) is 2.00. The Bertz CT molecular complexity index is 616. The highest BCUT2D eigenvalue weighted by molar-refractivity contribution is 9.10. The van der Waals surface area contributed by atoms with E-state index in [0.29, 0.717) is 10.1 Å². The van der Waals surface area contributed by atoms with E-state index in [1.807, 2.05) is 49.4 Å². The van der Waals surface area contributed by atoms with Crippen molar-refractivity contribution in [2.45, 2.75) is 6.92 Å². The molecule has 19 heavy (non-hydrogen) atoms. The molecule has 0 aliphatic rings. The van der Waals surface area contributed by atoms with Crippen LogP contribution in [0.2, 0.25) is 5.02 Å². The molecule has 2 aromatic carbocycles. The second-order valence-corrected chi connectivity index (χ2v) is 5.72. The number of hydrogen-bond donors (Lipinski definition) is 2. The molecule has 0 bridgehead atoms. The Hall–Kier alpha value is -1.10. The summed E-state index contributed by atoms with van der Waals surface area (Å²) in [5.74, 6) is 0. The maximum absolute atomic E-state index is 5.97. The molecular formula is C14H12BrClN2S. The Kier molecular flexibility index (Phi) is 4.80. The van der Waals surface area contributed by atoms with Gasteiger partial charge in [0.25, 0.3) is 0 Å². The molecule has 0 fully saturated rings. The van der Waals surface area contributed by atoms with Crippen LogP contribution in [0.4, 0.5) is 11.4 Å². The lowest BCUT2D eigenvalue weighted by atomic mass is 10.2. The van der Waals surface area contributed by atoms with Crippen LogP contribution in [0.3, 0.4) is 0 Å². The zero-order valence-electron chi connectivity index (χ0n) is 10.2. The van der Waals surface area contributed by atoms with Gasteiger partial charge in [0.15, 0.2) is 5.11 Å². The predicted octanol–water partition coefficient (Wildman–Crippen LogP) is 5.22. The van der Waals surface area contributed by atoms with Gasteiger partial charge in [-0.05, 0) is 64.9 Å². The van der Waals surface area contributed by atoms with Crippen molar-refractivity contribution in [1.82, 2.24) is 0 Å². The fraction of sp³-hybridized carbons (Fsp3) is 0.0714. The summed E-state index contributed by atoms with van der Waals surface area (Å²) in [6, 6.07) is 13.5. The zero-order valence-corrected chi connectivity index (χ0v) is 13.4. The lowest BCUT2D eigenvalue weighted by Gasteiger charge is -2.13. The molecule has 0 saturated heterocycles. The van der Waals surface area contributed by atoms with Gasteiger partial charge in [-0.25, -0.2) is 0 Å². The van der Waals surface area contributed by atoms with Gasteiger partial charge in [0.05, 0.1) is 5.69 Å². The van der Waals surface area contributed by atoms with Crippen LogP contribution >= 0.6 is 39.7 Å². The van der Waals surface area contributed by atoms with Crippen molar-refractivity contribution in [3.63, 3.8) is 0 Å².